The molecule has 0 saturated heterocycles. The van der Waals surface area contributed by atoms with Crippen LogP contribution in [-0.2, 0) is 4.79 Å². The number of amides is 1. The molecule has 0 radical (unpaired) electrons. The first-order chi connectivity index (χ1) is 12.9. The summed E-state index contributed by atoms with van der Waals surface area (Å²) < 4.78 is 0. The molecule has 2 aliphatic rings. The van der Waals surface area contributed by atoms with E-state index in [-0.39, 0.29) is 5.92 Å². The van der Waals surface area contributed by atoms with E-state index < -0.39 is 0 Å². The molecule has 0 aliphatic heterocycles. The molecule has 26 heavy (non-hydrogen) atoms. The van der Waals surface area contributed by atoms with E-state index in [1.807, 2.05) is 0 Å². The predicted octanol–water partition coefficient (Wildman–Crippen LogP) is 7.31. The Morgan fingerprint density at radius 2 is 0.769 bits per heavy atom. The van der Waals surface area contributed by atoms with Crippen LogP contribution in [0.5, 0.6) is 0 Å². The standard InChI is InChI=1S/C24H45NO/c26-24(22-18-14-10-6-4-5-7-11-15-19-22)25-23-20-16-12-8-2-1-3-9-13-17-21-23/h22-23H,1-21H2,(H,25,26). The van der Waals surface area contributed by atoms with Gasteiger partial charge in [-0.25, -0.2) is 0 Å². The summed E-state index contributed by atoms with van der Waals surface area (Å²) in [5.41, 5.74) is 0. The maximum atomic E-state index is 13.0. The largest absolute Gasteiger partial charge is 0.353 e. The second kappa shape index (κ2) is 14.5. The summed E-state index contributed by atoms with van der Waals surface area (Å²) >= 11 is 0. The topological polar surface area (TPSA) is 29.1 Å². The van der Waals surface area contributed by atoms with Crippen molar-refractivity contribution in [3.05, 3.63) is 0 Å². The second-order valence-electron chi connectivity index (χ2n) is 9.07. The number of carbonyl (C=O) groups excluding carboxylic acids is 1. The zero-order valence-corrected chi connectivity index (χ0v) is 17.4. The van der Waals surface area contributed by atoms with Gasteiger partial charge in [-0.1, -0.05) is 109 Å². The molecule has 0 unspecified atom stereocenters. The summed E-state index contributed by atoms with van der Waals surface area (Å²) in [5.74, 6) is 0.677. The van der Waals surface area contributed by atoms with Crippen molar-refractivity contribution in [3.8, 4) is 0 Å². The molecule has 1 N–H and O–H groups in total. The van der Waals surface area contributed by atoms with Crippen molar-refractivity contribution in [2.24, 2.45) is 5.92 Å². The van der Waals surface area contributed by atoms with Gasteiger partial charge in [0, 0.05) is 12.0 Å². The van der Waals surface area contributed by atoms with Gasteiger partial charge in [-0.05, 0) is 25.7 Å². The Kier molecular flexibility index (Phi) is 12.2. The van der Waals surface area contributed by atoms with Gasteiger partial charge in [0.15, 0.2) is 0 Å². The van der Waals surface area contributed by atoms with Gasteiger partial charge in [-0.2, -0.15) is 0 Å². The summed E-state index contributed by atoms with van der Waals surface area (Å²) in [6.07, 6.45) is 27.7. The van der Waals surface area contributed by atoms with Gasteiger partial charge >= 0.3 is 0 Å². The molecule has 2 saturated carbocycles. The molecule has 152 valence electrons. The Labute approximate surface area is 163 Å². The van der Waals surface area contributed by atoms with E-state index in [1.165, 1.54) is 122 Å². The first kappa shape index (κ1) is 21.8. The average molecular weight is 364 g/mol. The zero-order chi connectivity index (χ0) is 18.3. The first-order valence-electron chi connectivity index (χ1n) is 12.2. The van der Waals surface area contributed by atoms with Crippen molar-refractivity contribution in [1.29, 1.82) is 0 Å². The lowest BCUT2D eigenvalue weighted by molar-refractivity contribution is -0.126. The minimum absolute atomic E-state index is 0.287. The van der Waals surface area contributed by atoms with Crippen LogP contribution in [0.25, 0.3) is 0 Å². The highest BCUT2D eigenvalue weighted by atomic mass is 16.1. The van der Waals surface area contributed by atoms with Crippen molar-refractivity contribution < 1.29 is 4.79 Å². The molecule has 0 aromatic carbocycles. The van der Waals surface area contributed by atoms with Crippen molar-refractivity contribution in [1.82, 2.24) is 5.32 Å². The summed E-state index contributed by atoms with van der Waals surface area (Å²) in [6.45, 7) is 0. The van der Waals surface area contributed by atoms with Crippen molar-refractivity contribution in [3.63, 3.8) is 0 Å². The van der Waals surface area contributed by atoms with Crippen LogP contribution in [0.1, 0.15) is 135 Å². The first-order valence-corrected chi connectivity index (χ1v) is 12.2. The van der Waals surface area contributed by atoms with Gasteiger partial charge < -0.3 is 5.32 Å². The molecular weight excluding hydrogens is 318 g/mol. The molecule has 0 aromatic heterocycles. The molecule has 2 aliphatic carbocycles. The predicted molar refractivity (Wildman–Crippen MR) is 112 cm³/mol. The minimum Gasteiger partial charge on any atom is -0.353 e. The molecule has 1 amide bonds. The highest BCUT2D eigenvalue weighted by Gasteiger charge is 2.21. The van der Waals surface area contributed by atoms with Crippen LogP contribution in [0.2, 0.25) is 0 Å². The second-order valence-corrected chi connectivity index (χ2v) is 9.07. The third-order valence-electron chi connectivity index (χ3n) is 6.68. The fourth-order valence-electron chi connectivity index (χ4n) is 4.88. The molecular formula is C24H45NO. The highest BCUT2D eigenvalue weighted by molar-refractivity contribution is 5.78. The van der Waals surface area contributed by atoms with Crippen LogP contribution in [-0.4, -0.2) is 11.9 Å². The van der Waals surface area contributed by atoms with Gasteiger partial charge in [0.2, 0.25) is 5.91 Å². The lowest BCUT2D eigenvalue weighted by Crippen LogP contribution is -2.39. The third-order valence-corrected chi connectivity index (χ3v) is 6.68. The maximum absolute atomic E-state index is 13.0. The van der Waals surface area contributed by atoms with Crippen molar-refractivity contribution in [2.75, 3.05) is 0 Å². The molecule has 0 bridgehead atoms. The fourth-order valence-corrected chi connectivity index (χ4v) is 4.88. The van der Waals surface area contributed by atoms with Gasteiger partial charge in [0.05, 0.1) is 0 Å². The Balaban J connectivity index is 1.79. The lowest BCUT2D eigenvalue weighted by Gasteiger charge is -2.23. The van der Waals surface area contributed by atoms with E-state index in [4.69, 9.17) is 0 Å². The Morgan fingerprint density at radius 1 is 0.462 bits per heavy atom. The van der Waals surface area contributed by atoms with Gasteiger partial charge in [-0.3, -0.25) is 4.79 Å². The van der Waals surface area contributed by atoms with Crippen LogP contribution in [0.15, 0.2) is 0 Å². The molecule has 0 aromatic rings. The quantitative estimate of drug-likeness (QED) is 0.547. The lowest BCUT2D eigenvalue weighted by atomic mass is 9.93. The molecule has 0 heterocycles. The SMILES string of the molecule is O=C(NC1CCCCCCCCCCC1)C1CCCCCCCCCC1. The molecule has 2 fully saturated rings. The monoisotopic (exact) mass is 363 g/mol. The smallest absolute Gasteiger partial charge is 0.223 e. The van der Waals surface area contributed by atoms with Crippen molar-refractivity contribution >= 4 is 5.91 Å². The van der Waals surface area contributed by atoms with E-state index in [9.17, 15) is 4.79 Å². The van der Waals surface area contributed by atoms with E-state index in [0.717, 1.165) is 12.8 Å². The molecule has 2 nitrogen and oxygen atoms in total. The number of rotatable bonds is 2. The Bertz CT molecular complexity index is 330. The van der Waals surface area contributed by atoms with Crippen LogP contribution in [0.3, 0.4) is 0 Å². The highest BCUT2D eigenvalue weighted by Crippen LogP contribution is 2.23. The third kappa shape index (κ3) is 9.97. The summed E-state index contributed by atoms with van der Waals surface area (Å²) in [5, 5.41) is 3.50. The molecule has 0 spiro atoms. The van der Waals surface area contributed by atoms with E-state index in [0.29, 0.717) is 11.9 Å². The molecule has 2 heteroatoms. The number of carbonyl (C=O) groups is 1. The average Bonchev–Trinajstić information content (AvgIpc) is 2.69. The maximum Gasteiger partial charge on any atom is 0.223 e. The number of nitrogens with one attached hydrogen (secondary N) is 1. The normalized spacial score (nSPS) is 24.6. The van der Waals surface area contributed by atoms with Gasteiger partial charge in [0.1, 0.15) is 0 Å². The number of hydrogen-bond acceptors (Lipinski definition) is 1. The fraction of sp³-hybridized carbons (Fsp3) is 0.958. The van der Waals surface area contributed by atoms with Gasteiger partial charge in [-0.15, -0.1) is 0 Å². The summed E-state index contributed by atoms with van der Waals surface area (Å²) in [7, 11) is 0. The number of hydrogen-bond donors (Lipinski definition) is 1. The Hall–Kier alpha value is -0.530. The van der Waals surface area contributed by atoms with Crippen LogP contribution >= 0.6 is 0 Å². The van der Waals surface area contributed by atoms with E-state index >= 15 is 0 Å². The summed E-state index contributed by atoms with van der Waals surface area (Å²) in [4.78, 5) is 13.0. The van der Waals surface area contributed by atoms with Gasteiger partial charge in [0.25, 0.3) is 0 Å². The summed E-state index contributed by atoms with van der Waals surface area (Å²) in [6, 6.07) is 0.445. The minimum atomic E-state index is 0.287. The van der Waals surface area contributed by atoms with E-state index in [2.05, 4.69) is 5.32 Å². The molecule has 0 atom stereocenters. The van der Waals surface area contributed by atoms with Crippen LogP contribution in [0.4, 0.5) is 0 Å². The van der Waals surface area contributed by atoms with Crippen LogP contribution in [0, 0.1) is 5.92 Å². The van der Waals surface area contributed by atoms with Crippen LogP contribution < -0.4 is 5.32 Å². The molecule has 2 rings (SSSR count). The van der Waals surface area contributed by atoms with E-state index in [1.54, 1.807) is 0 Å². The van der Waals surface area contributed by atoms with Crippen molar-refractivity contribution in [2.45, 2.75) is 141 Å². The Morgan fingerprint density at radius 3 is 1.15 bits per heavy atom. The zero-order valence-electron chi connectivity index (χ0n) is 17.4.